The van der Waals surface area contributed by atoms with Gasteiger partial charge in [-0.05, 0) is 58.9 Å². The Hall–Kier alpha value is -2.53. The lowest BCUT2D eigenvalue weighted by atomic mass is 10.0. The third-order valence-corrected chi connectivity index (χ3v) is 4.21. The van der Waals surface area contributed by atoms with Crippen molar-refractivity contribution in [1.29, 1.82) is 5.26 Å². The monoisotopic (exact) mass is 448 g/mol. The fourth-order valence-electron chi connectivity index (χ4n) is 2.19. The van der Waals surface area contributed by atoms with Crippen molar-refractivity contribution in [2.45, 2.75) is 6.92 Å². The summed E-state index contributed by atoms with van der Waals surface area (Å²) in [5.41, 5.74) is 8.44. The molecule has 0 fully saturated rings. The number of aryl methyl sites for hydroxylation is 1. The topological polar surface area (TPSA) is 85.3 Å². The molecule has 6 heteroatoms. The van der Waals surface area contributed by atoms with Crippen molar-refractivity contribution in [3.05, 3.63) is 56.7 Å². The standard InChI is InChI=1S/C19H17IN2O3/c1-12-3-5-14(6-4-12)15(10-21)7-13-8-16(20)19(17(9-13)24-2)25-11-18(22)23/h3-9H,11H2,1-2H3,(H2,22,23)/b15-7+. The number of nitrogens with two attached hydrogens (primary N) is 1. The van der Waals surface area contributed by atoms with E-state index in [1.165, 1.54) is 7.11 Å². The average Bonchev–Trinajstić information content (AvgIpc) is 2.59. The lowest BCUT2D eigenvalue weighted by molar-refractivity contribution is -0.119. The second-order valence-electron chi connectivity index (χ2n) is 5.32. The van der Waals surface area contributed by atoms with E-state index in [1.807, 2.05) is 37.3 Å². The van der Waals surface area contributed by atoms with Crippen LogP contribution in [0.5, 0.6) is 11.5 Å². The molecular weight excluding hydrogens is 431 g/mol. The summed E-state index contributed by atoms with van der Waals surface area (Å²) in [5.74, 6) is 0.362. The molecule has 128 valence electrons. The number of carbonyl (C=O) groups is 1. The summed E-state index contributed by atoms with van der Waals surface area (Å²) in [7, 11) is 1.52. The number of benzene rings is 2. The van der Waals surface area contributed by atoms with Crippen LogP contribution in [0.25, 0.3) is 11.6 Å². The zero-order valence-corrected chi connectivity index (χ0v) is 16.0. The van der Waals surface area contributed by atoms with Crippen molar-refractivity contribution < 1.29 is 14.3 Å². The third kappa shape index (κ3) is 4.97. The Labute approximate surface area is 160 Å². The number of hydrogen-bond acceptors (Lipinski definition) is 4. The Kier molecular flexibility index (Phi) is 6.42. The van der Waals surface area contributed by atoms with Gasteiger partial charge < -0.3 is 15.2 Å². The molecule has 0 saturated carbocycles. The largest absolute Gasteiger partial charge is 0.493 e. The summed E-state index contributed by atoms with van der Waals surface area (Å²) in [6.45, 7) is 1.77. The van der Waals surface area contributed by atoms with E-state index in [1.54, 1.807) is 12.1 Å². The molecule has 5 nitrogen and oxygen atoms in total. The van der Waals surface area contributed by atoms with E-state index in [2.05, 4.69) is 28.7 Å². The first-order chi connectivity index (χ1) is 11.9. The second-order valence-corrected chi connectivity index (χ2v) is 6.49. The molecule has 0 aromatic heterocycles. The number of nitriles is 1. The van der Waals surface area contributed by atoms with E-state index in [0.717, 1.165) is 20.3 Å². The third-order valence-electron chi connectivity index (χ3n) is 3.40. The number of allylic oxidation sites excluding steroid dienone is 1. The zero-order valence-electron chi connectivity index (χ0n) is 13.9. The molecule has 2 aromatic rings. The Morgan fingerprint density at radius 1 is 1.32 bits per heavy atom. The molecule has 0 aliphatic carbocycles. The minimum Gasteiger partial charge on any atom is -0.493 e. The van der Waals surface area contributed by atoms with Gasteiger partial charge in [-0.1, -0.05) is 29.8 Å². The summed E-state index contributed by atoms with van der Waals surface area (Å²) in [6.07, 6.45) is 1.78. The summed E-state index contributed by atoms with van der Waals surface area (Å²) in [4.78, 5) is 10.9. The predicted octanol–water partition coefficient (Wildman–Crippen LogP) is 3.54. The van der Waals surface area contributed by atoms with E-state index >= 15 is 0 Å². The highest BCUT2D eigenvalue weighted by molar-refractivity contribution is 14.1. The SMILES string of the molecule is COc1cc(/C=C(\C#N)c2ccc(C)cc2)cc(I)c1OCC(N)=O. The number of primary amides is 1. The van der Waals surface area contributed by atoms with Gasteiger partial charge in [0.25, 0.3) is 5.91 Å². The summed E-state index contributed by atoms with van der Waals surface area (Å²) in [6, 6.07) is 13.6. The van der Waals surface area contributed by atoms with Gasteiger partial charge in [-0.2, -0.15) is 5.26 Å². The summed E-state index contributed by atoms with van der Waals surface area (Å²) < 4.78 is 11.5. The van der Waals surface area contributed by atoms with Crippen LogP contribution in [-0.4, -0.2) is 19.6 Å². The van der Waals surface area contributed by atoms with Crippen molar-refractivity contribution in [2.24, 2.45) is 5.73 Å². The van der Waals surface area contributed by atoms with Crippen LogP contribution in [0, 0.1) is 21.8 Å². The van der Waals surface area contributed by atoms with Gasteiger partial charge in [0, 0.05) is 0 Å². The van der Waals surface area contributed by atoms with Crippen LogP contribution in [0.4, 0.5) is 0 Å². The molecule has 0 heterocycles. The van der Waals surface area contributed by atoms with E-state index in [4.69, 9.17) is 15.2 Å². The van der Waals surface area contributed by atoms with Crippen LogP contribution in [0.3, 0.4) is 0 Å². The van der Waals surface area contributed by atoms with Gasteiger partial charge in [-0.3, -0.25) is 4.79 Å². The van der Waals surface area contributed by atoms with E-state index in [0.29, 0.717) is 17.1 Å². The molecule has 0 unspecified atom stereocenters. The van der Waals surface area contributed by atoms with Gasteiger partial charge in [0.2, 0.25) is 0 Å². The molecule has 0 atom stereocenters. The first kappa shape index (κ1) is 18.8. The van der Waals surface area contributed by atoms with Crippen LogP contribution in [0.2, 0.25) is 0 Å². The smallest absolute Gasteiger partial charge is 0.255 e. The number of rotatable bonds is 6. The average molecular weight is 448 g/mol. The maximum absolute atomic E-state index is 10.9. The van der Waals surface area contributed by atoms with Crippen LogP contribution in [0.1, 0.15) is 16.7 Å². The molecule has 25 heavy (non-hydrogen) atoms. The maximum atomic E-state index is 10.9. The minimum atomic E-state index is -0.562. The quantitative estimate of drug-likeness (QED) is 0.416. The molecule has 0 aliphatic heterocycles. The molecule has 0 saturated heterocycles. The lowest BCUT2D eigenvalue weighted by Crippen LogP contribution is -2.20. The van der Waals surface area contributed by atoms with Crippen LogP contribution in [-0.2, 0) is 4.79 Å². The minimum absolute atomic E-state index is 0.228. The molecular formula is C19H17IN2O3. The van der Waals surface area contributed by atoms with Crippen molar-refractivity contribution in [2.75, 3.05) is 13.7 Å². The van der Waals surface area contributed by atoms with Gasteiger partial charge in [-0.25, -0.2) is 0 Å². The van der Waals surface area contributed by atoms with Gasteiger partial charge in [0.1, 0.15) is 0 Å². The van der Waals surface area contributed by atoms with Crippen molar-refractivity contribution in [1.82, 2.24) is 0 Å². The summed E-state index contributed by atoms with van der Waals surface area (Å²) in [5, 5.41) is 9.48. The van der Waals surface area contributed by atoms with E-state index < -0.39 is 5.91 Å². The van der Waals surface area contributed by atoms with Crippen molar-refractivity contribution in [3.8, 4) is 17.6 Å². The molecule has 2 N–H and O–H groups in total. The Balaban J connectivity index is 2.41. The second kappa shape index (κ2) is 8.53. The molecule has 0 radical (unpaired) electrons. The maximum Gasteiger partial charge on any atom is 0.255 e. The van der Waals surface area contributed by atoms with E-state index in [9.17, 15) is 10.1 Å². The van der Waals surface area contributed by atoms with Gasteiger partial charge in [0.15, 0.2) is 18.1 Å². The van der Waals surface area contributed by atoms with Gasteiger partial charge in [0.05, 0.1) is 22.3 Å². The van der Waals surface area contributed by atoms with E-state index in [-0.39, 0.29) is 6.61 Å². The van der Waals surface area contributed by atoms with Crippen LogP contribution in [0.15, 0.2) is 36.4 Å². The van der Waals surface area contributed by atoms with Crippen molar-refractivity contribution >= 4 is 40.1 Å². The Morgan fingerprint density at radius 3 is 2.56 bits per heavy atom. The highest BCUT2D eigenvalue weighted by Gasteiger charge is 2.13. The van der Waals surface area contributed by atoms with Gasteiger partial charge in [-0.15, -0.1) is 0 Å². The number of amides is 1. The fourth-order valence-corrected chi connectivity index (χ4v) is 2.97. The lowest BCUT2D eigenvalue weighted by Gasteiger charge is -2.12. The summed E-state index contributed by atoms with van der Waals surface area (Å²) >= 11 is 2.09. The molecule has 0 bridgehead atoms. The number of methoxy groups -OCH3 is 1. The molecule has 2 rings (SSSR count). The van der Waals surface area contributed by atoms with Crippen LogP contribution >= 0.6 is 22.6 Å². The highest BCUT2D eigenvalue weighted by atomic mass is 127. The number of carbonyl (C=O) groups excluding carboxylic acids is 1. The Bertz CT molecular complexity index is 852. The number of hydrogen-bond donors (Lipinski definition) is 1. The molecule has 1 amide bonds. The molecule has 0 aliphatic rings. The Morgan fingerprint density at radius 2 is 2.00 bits per heavy atom. The number of nitrogens with zero attached hydrogens (tertiary/aromatic N) is 1. The van der Waals surface area contributed by atoms with Crippen molar-refractivity contribution in [3.63, 3.8) is 0 Å². The first-order valence-corrected chi connectivity index (χ1v) is 8.50. The zero-order chi connectivity index (χ0) is 18.4. The predicted molar refractivity (Wildman–Crippen MR) is 105 cm³/mol. The van der Waals surface area contributed by atoms with Gasteiger partial charge >= 0.3 is 0 Å². The molecule has 2 aromatic carbocycles. The molecule has 0 spiro atoms. The normalized spacial score (nSPS) is 10.9. The van der Waals surface area contributed by atoms with Crippen LogP contribution < -0.4 is 15.2 Å². The first-order valence-electron chi connectivity index (χ1n) is 7.42. The number of halogens is 1. The highest BCUT2D eigenvalue weighted by Crippen LogP contribution is 2.35. The fraction of sp³-hybridized carbons (Fsp3) is 0.158. The number of ether oxygens (including phenoxy) is 2.